The maximum atomic E-state index is 12.3. The van der Waals surface area contributed by atoms with Crippen LogP contribution >= 0.6 is 11.6 Å². The normalized spacial score (nSPS) is 11.5. The summed E-state index contributed by atoms with van der Waals surface area (Å²) in [5, 5.41) is 15.4. The van der Waals surface area contributed by atoms with Crippen molar-refractivity contribution in [1.29, 1.82) is 5.26 Å². The van der Waals surface area contributed by atoms with Gasteiger partial charge in [-0.15, -0.1) is 0 Å². The van der Waals surface area contributed by atoms with Crippen molar-refractivity contribution in [3.63, 3.8) is 0 Å². The number of halogens is 1. The lowest BCUT2D eigenvalue weighted by Crippen LogP contribution is -2.30. The highest BCUT2D eigenvalue weighted by atomic mass is 35.5. The Balaban J connectivity index is 2.05. The third-order valence-electron chi connectivity index (χ3n) is 3.48. The molecule has 1 amide bonds. The maximum Gasteiger partial charge on any atom is 0.344 e. The van der Waals surface area contributed by atoms with E-state index in [9.17, 15) is 9.59 Å². The number of rotatable bonds is 5. The first-order chi connectivity index (χ1) is 11.9. The molecule has 8 heteroatoms. The van der Waals surface area contributed by atoms with Crippen molar-refractivity contribution in [2.75, 3.05) is 5.32 Å². The van der Waals surface area contributed by atoms with Gasteiger partial charge in [0.25, 0.3) is 5.91 Å². The summed E-state index contributed by atoms with van der Waals surface area (Å²) in [7, 11) is 0. The largest absolute Gasteiger partial charge is 0.449 e. The number of aryl methyl sites for hydroxylation is 2. The number of nitrogens with zero attached hydrogens (tertiary/aromatic N) is 2. The van der Waals surface area contributed by atoms with E-state index < -0.39 is 18.0 Å². The molecule has 1 atom stereocenters. The van der Waals surface area contributed by atoms with Crippen LogP contribution < -0.4 is 5.32 Å². The van der Waals surface area contributed by atoms with E-state index in [1.54, 1.807) is 6.92 Å². The summed E-state index contributed by atoms with van der Waals surface area (Å²) in [6.45, 7) is 4.89. The summed E-state index contributed by atoms with van der Waals surface area (Å²) < 4.78 is 10.2. The molecule has 25 heavy (non-hydrogen) atoms. The summed E-state index contributed by atoms with van der Waals surface area (Å²) in [6.07, 6.45) is -0.535. The molecule has 1 aromatic carbocycles. The third kappa shape index (κ3) is 4.17. The summed E-state index contributed by atoms with van der Waals surface area (Å²) in [4.78, 5) is 24.4. The molecule has 0 fully saturated rings. The van der Waals surface area contributed by atoms with E-state index in [0.717, 1.165) is 0 Å². The fourth-order valence-corrected chi connectivity index (χ4v) is 2.34. The Morgan fingerprint density at radius 2 is 2.20 bits per heavy atom. The fourth-order valence-electron chi connectivity index (χ4n) is 2.12. The molecule has 2 rings (SSSR count). The standard InChI is InChI=1S/C17H16ClN3O4/c1-4-14-15(9(2)25-21-14)17(23)24-10(3)16(22)20-12-6-5-11(8-19)13(18)7-12/h5-7,10H,4H2,1-3H3,(H,20,22). The van der Waals surface area contributed by atoms with Crippen LogP contribution in [-0.4, -0.2) is 23.1 Å². The summed E-state index contributed by atoms with van der Waals surface area (Å²) in [6, 6.07) is 6.40. The number of carbonyl (C=O) groups is 2. The molecule has 2 aromatic rings. The Kier molecular flexibility index (Phi) is 5.78. The highest BCUT2D eigenvalue weighted by molar-refractivity contribution is 6.32. The van der Waals surface area contributed by atoms with Gasteiger partial charge in [-0.05, 0) is 38.5 Å². The number of nitriles is 1. The van der Waals surface area contributed by atoms with E-state index >= 15 is 0 Å². The van der Waals surface area contributed by atoms with E-state index in [1.807, 2.05) is 13.0 Å². The van der Waals surface area contributed by atoms with Crippen molar-refractivity contribution in [2.45, 2.75) is 33.3 Å². The van der Waals surface area contributed by atoms with Gasteiger partial charge in [-0.2, -0.15) is 5.26 Å². The number of hydrogen-bond donors (Lipinski definition) is 1. The van der Waals surface area contributed by atoms with Gasteiger partial charge < -0.3 is 14.6 Å². The first-order valence-corrected chi connectivity index (χ1v) is 7.91. The van der Waals surface area contributed by atoms with Crippen molar-refractivity contribution >= 4 is 29.2 Å². The lowest BCUT2D eigenvalue weighted by Gasteiger charge is -2.14. The van der Waals surface area contributed by atoms with Gasteiger partial charge in [-0.25, -0.2) is 4.79 Å². The van der Waals surface area contributed by atoms with Gasteiger partial charge in [0.2, 0.25) is 0 Å². The van der Waals surface area contributed by atoms with Gasteiger partial charge in [0.05, 0.1) is 16.3 Å². The lowest BCUT2D eigenvalue weighted by atomic mass is 10.1. The highest BCUT2D eigenvalue weighted by Gasteiger charge is 2.25. The topological polar surface area (TPSA) is 105 Å². The fraction of sp³-hybridized carbons (Fsp3) is 0.294. The minimum atomic E-state index is -1.04. The zero-order chi connectivity index (χ0) is 18.6. The average molecular weight is 362 g/mol. The summed E-state index contributed by atoms with van der Waals surface area (Å²) in [5.74, 6) is -0.856. The Morgan fingerprint density at radius 3 is 2.80 bits per heavy atom. The minimum absolute atomic E-state index is 0.220. The number of nitrogens with one attached hydrogen (secondary N) is 1. The van der Waals surface area contributed by atoms with Crippen LogP contribution in [0.3, 0.4) is 0 Å². The van der Waals surface area contributed by atoms with Gasteiger partial charge in [-0.3, -0.25) is 4.79 Å². The van der Waals surface area contributed by atoms with Gasteiger partial charge in [-0.1, -0.05) is 23.7 Å². The summed E-state index contributed by atoms with van der Waals surface area (Å²) >= 11 is 5.92. The van der Waals surface area contributed by atoms with Crippen LogP contribution in [0.15, 0.2) is 22.7 Å². The van der Waals surface area contributed by atoms with E-state index in [0.29, 0.717) is 29.1 Å². The number of ether oxygens (including phenoxy) is 1. The quantitative estimate of drug-likeness (QED) is 0.819. The molecule has 0 aliphatic carbocycles. The van der Waals surface area contributed by atoms with Gasteiger partial charge in [0.15, 0.2) is 6.10 Å². The number of benzene rings is 1. The molecule has 1 heterocycles. The van der Waals surface area contributed by atoms with Crippen molar-refractivity contribution in [3.05, 3.63) is 45.8 Å². The highest BCUT2D eigenvalue weighted by Crippen LogP contribution is 2.21. The van der Waals surface area contributed by atoms with E-state index in [1.165, 1.54) is 25.1 Å². The van der Waals surface area contributed by atoms with Crippen LogP contribution in [0.1, 0.15) is 41.2 Å². The first kappa shape index (κ1) is 18.5. The van der Waals surface area contributed by atoms with Crippen LogP contribution in [0.4, 0.5) is 5.69 Å². The molecule has 0 bridgehead atoms. The van der Waals surface area contributed by atoms with Crippen LogP contribution in [-0.2, 0) is 16.0 Å². The molecule has 1 N–H and O–H groups in total. The van der Waals surface area contributed by atoms with E-state index in [4.69, 9.17) is 26.1 Å². The molecule has 0 spiro atoms. The summed E-state index contributed by atoms with van der Waals surface area (Å²) in [5.41, 5.74) is 1.42. The molecule has 0 aliphatic rings. The molecular weight excluding hydrogens is 346 g/mol. The predicted octanol–water partition coefficient (Wildman–Crippen LogP) is 3.25. The molecule has 0 saturated heterocycles. The third-order valence-corrected chi connectivity index (χ3v) is 3.80. The predicted molar refractivity (Wildman–Crippen MR) is 90.3 cm³/mol. The number of amides is 1. The Bertz CT molecular complexity index is 854. The van der Waals surface area contributed by atoms with Crippen LogP contribution in [0, 0.1) is 18.3 Å². The minimum Gasteiger partial charge on any atom is -0.449 e. The molecule has 0 radical (unpaired) electrons. The second kappa shape index (κ2) is 7.81. The van der Waals surface area contributed by atoms with Crippen molar-refractivity contribution in [3.8, 4) is 6.07 Å². The lowest BCUT2D eigenvalue weighted by molar-refractivity contribution is -0.123. The smallest absolute Gasteiger partial charge is 0.344 e. The average Bonchev–Trinajstić information content (AvgIpc) is 2.95. The van der Waals surface area contributed by atoms with Crippen molar-refractivity contribution < 1.29 is 18.8 Å². The Morgan fingerprint density at radius 1 is 1.48 bits per heavy atom. The van der Waals surface area contributed by atoms with Gasteiger partial charge >= 0.3 is 5.97 Å². The molecule has 7 nitrogen and oxygen atoms in total. The SMILES string of the molecule is CCc1noc(C)c1C(=O)OC(C)C(=O)Nc1ccc(C#N)c(Cl)c1. The molecule has 0 aliphatic heterocycles. The van der Waals surface area contributed by atoms with Crippen LogP contribution in [0.2, 0.25) is 5.02 Å². The molecule has 1 unspecified atom stereocenters. The monoisotopic (exact) mass is 361 g/mol. The van der Waals surface area contributed by atoms with Crippen molar-refractivity contribution in [1.82, 2.24) is 5.16 Å². The number of carbonyl (C=O) groups excluding carboxylic acids is 2. The second-order valence-corrected chi connectivity index (χ2v) is 5.66. The van der Waals surface area contributed by atoms with Crippen molar-refractivity contribution in [2.24, 2.45) is 0 Å². The van der Waals surface area contributed by atoms with Gasteiger partial charge in [0.1, 0.15) is 17.4 Å². The zero-order valence-corrected chi connectivity index (χ0v) is 14.7. The second-order valence-electron chi connectivity index (χ2n) is 5.26. The Labute approximate surface area is 149 Å². The zero-order valence-electron chi connectivity index (χ0n) is 13.9. The molecule has 0 saturated carbocycles. The number of esters is 1. The molecule has 1 aromatic heterocycles. The van der Waals surface area contributed by atoms with Gasteiger partial charge in [0, 0.05) is 5.69 Å². The molecule has 130 valence electrons. The van der Waals surface area contributed by atoms with E-state index in [2.05, 4.69) is 10.5 Å². The number of anilines is 1. The molecular formula is C17H16ClN3O4. The maximum absolute atomic E-state index is 12.3. The first-order valence-electron chi connectivity index (χ1n) is 7.54. The Hall–Kier alpha value is -2.85. The number of hydrogen-bond acceptors (Lipinski definition) is 6. The van der Waals surface area contributed by atoms with Crippen LogP contribution in [0.25, 0.3) is 0 Å². The van der Waals surface area contributed by atoms with E-state index in [-0.39, 0.29) is 10.6 Å². The van der Waals surface area contributed by atoms with Crippen LogP contribution in [0.5, 0.6) is 0 Å². The number of aromatic nitrogens is 1.